The highest BCUT2D eigenvalue weighted by Crippen LogP contribution is 2.25. The molecule has 3 aromatic rings. The highest BCUT2D eigenvalue weighted by Gasteiger charge is 2.16. The topological polar surface area (TPSA) is 94.3 Å². The minimum atomic E-state index is -1.02. The maximum absolute atomic E-state index is 11.7. The average Bonchev–Trinajstić information content (AvgIpc) is 3.12. The molecule has 0 fully saturated rings. The molecule has 0 aliphatic carbocycles. The zero-order valence-electron chi connectivity index (χ0n) is 12.2. The van der Waals surface area contributed by atoms with Crippen LogP contribution in [-0.4, -0.2) is 31.6 Å². The number of carbonyl (C=O) groups is 2. The molecule has 23 heavy (non-hydrogen) atoms. The van der Waals surface area contributed by atoms with Crippen molar-refractivity contribution in [1.82, 2.24) is 14.8 Å². The Morgan fingerprint density at radius 2 is 2.22 bits per heavy atom. The number of hydrogen-bond donors (Lipinski definition) is 1. The van der Waals surface area contributed by atoms with Crippen LogP contribution in [0.3, 0.4) is 0 Å². The second-order valence-electron chi connectivity index (χ2n) is 4.85. The Morgan fingerprint density at radius 1 is 1.39 bits per heavy atom. The minimum Gasteiger partial charge on any atom is -0.486 e. The van der Waals surface area contributed by atoms with Crippen LogP contribution in [0.25, 0.3) is 10.9 Å². The molecule has 0 aliphatic heterocycles. The van der Waals surface area contributed by atoms with Gasteiger partial charge in [0.25, 0.3) is 0 Å². The summed E-state index contributed by atoms with van der Waals surface area (Å²) in [6.07, 6.45) is 1.70. The van der Waals surface area contributed by atoms with E-state index in [9.17, 15) is 9.59 Å². The molecule has 0 saturated carbocycles. The number of carboxylic acid groups (broad SMARTS) is 1. The number of fused-ring (bicyclic) bond motifs is 1. The number of ether oxygens (including phenoxy) is 1. The Bertz CT molecular complexity index is 870. The molecule has 1 N–H and O–H groups in total. The first kappa shape index (κ1) is 15.2. The van der Waals surface area contributed by atoms with Crippen molar-refractivity contribution in [3.63, 3.8) is 0 Å². The number of aliphatic carboxylic acids is 1. The lowest BCUT2D eigenvalue weighted by molar-refractivity contribution is -0.137. The monoisotopic (exact) mass is 331 g/mol. The quantitative estimate of drug-likeness (QED) is 0.697. The van der Waals surface area contributed by atoms with Crippen LogP contribution >= 0.6 is 11.3 Å². The maximum Gasteiger partial charge on any atom is 0.325 e. The summed E-state index contributed by atoms with van der Waals surface area (Å²) in [6, 6.07) is 5.12. The molecule has 0 amide bonds. The zero-order valence-corrected chi connectivity index (χ0v) is 13.0. The highest BCUT2D eigenvalue weighted by atomic mass is 32.1. The molecule has 0 saturated heterocycles. The van der Waals surface area contributed by atoms with E-state index in [0.29, 0.717) is 23.3 Å². The fourth-order valence-electron chi connectivity index (χ4n) is 2.23. The molecule has 2 aromatic heterocycles. The van der Waals surface area contributed by atoms with E-state index in [4.69, 9.17) is 9.84 Å². The molecular formula is C15H13N3O4S. The molecule has 8 heteroatoms. The van der Waals surface area contributed by atoms with Crippen LogP contribution in [0.2, 0.25) is 0 Å². The van der Waals surface area contributed by atoms with Gasteiger partial charge in [-0.05, 0) is 18.2 Å². The third-order valence-corrected chi connectivity index (χ3v) is 3.94. The van der Waals surface area contributed by atoms with Crippen molar-refractivity contribution in [2.45, 2.75) is 20.1 Å². The summed E-state index contributed by atoms with van der Waals surface area (Å²) in [4.78, 5) is 26.8. The van der Waals surface area contributed by atoms with Gasteiger partial charge in [-0.1, -0.05) is 0 Å². The molecule has 0 unspecified atom stereocenters. The number of hydrogen-bond acceptors (Lipinski definition) is 6. The maximum atomic E-state index is 11.7. The molecule has 0 spiro atoms. The molecule has 0 aliphatic rings. The second kappa shape index (κ2) is 6.17. The number of thiazole rings is 1. The van der Waals surface area contributed by atoms with Crippen LogP contribution in [-0.2, 0) is 17.9 Å². The summed E-state index contributed by atoms with van der Waals surface area (Å²) in [7, 11) is 0. The number of aromatic nitrogens is 3. The summed E-state index contributed by atoms with van der Waals surface area (Å²) in [5, 5.41) is 16.3. The van der Waals surface area contributed by atoms with Gasteiger partial charge in [-0.2, -0.15) is 5.10 Å². The molecule has 3 rings (SSSR count). The standard InChI is InChI=1S/C15H13N3O4S/c1-9(19)15-11-6-10(22-8-13-16-4-5-23-13)2-3-12(11)18(17-15)7-14(20)21/h2-6H,7-8H2,1H3,(H,20,21). The molecule has 1 aromatic carbocycles. The molecule has 0 bridgehead atoms. The minimum absolute atomic E-state index is 0.226. The first-order valence-corrected chi connectivity index (χ1v) is 7.67. The molecule has 0 radical (unpaired) electrons. The highest BCUT2D eigenvalue weighted by molar-refractivity contribution is 7.09. The first-order valence-electron chi connectivity index (χ1n) is 6.79. The van der Waals surface area contributed by atoms with E-state index < -0.39 is 5.97 Å². The van der Waals surface area contributed by atoms with Gasteiger partial charge >= 0.3 is 5.97 Å². The van der Waals surface area contributed by atoms with Crippen LogP contribution < -0.4 is 4.74 Å². The number of rotatable bonds is 6. The van der Waals surface area contributed by atoms with Crippen molar-refractivity contribution < 1.29 is 19.4 Å². The van der Waals surface area contributed by atoms with Crippen molar-refractivity contribution in [2.75, 3.05) is 0 Å². The van der Waals surface area contributed by atoms with Crippen molar-refractivity contribution >= 4 is 34.0 Å². The van der Waals surface area contributed by atoms with Crippen LogP contribution in [0.15, 0.2) is 29.8 Å². The lowest BCUT2D eigenvalue weighted by Gasteiger charge is -2.05. The van der Waals surface area contributed by atoms with Gasteiger partial charge in [0.15, 0.2) is 5.78 Å². The summed E-state index contributed by atoms with van der Waals surface area (Å²) >= 11 is 1.49. The zero-order chi connectivity index (χ0) is 16.4. The van der Waals surface area contributed by atoms with E-state index in [1.54, 1.807) is 24.4 Å². The molecule has 2 heterocycles. The van der Waals surface area contributed by atoms with Crippen LogP contribution in [0.5, 0.6) is 5.75 Å². The van der Waals surface area contributed by atoms with Crippen molar-refractivity contribution in [1.29, 1.82) is 0 Å². The summed E-state index contributed by atoms with van der Waals surface area (Å²) in [6.45, 7) is 1.43. The molecule has 0 atom stereocenters. The van der Waals surface area contributed by atoms with Crippen LogP contribution in [0, 0.1) is 0 Å². The number of Topliss-reactive ketones (excluding diaryl/α,β-unsaturated/α-hetero) is 1. The number of carbonyl (C=O) groups excluding carboxylic acids is 1. The summed E-state index contributed by atoms with van der Waals surface area (Å²) in [5.74, 6) is -0.671. The van der Waals surface area contributed by atoms with Crippen molar-refractivity contribution in [3.8, 4) is 5.75 Å². The van der Waals surface area contributed by atoms with Gasteiger partial charge in [-0.15, -0.1) is 11.3 Å². The van der Waals surface area contributed by atoms with Gasteiger partial charge in [0.05, 0.1) is 5.52 Å². The van der Waals surface area contributed by atoms with Crippen molar-refractivity contribution in [3.05, 3.63) is 40.5 Å². The molecule has 7 nitrogen and oxygen atoms in total. The summed E-state index contributed by atoms with van der Waals surface area (Å²) in [5.41, 5.74) is 0.820. The smallest absolute Gasteiger partial charge is 0.325 e. The van der Waals surface area contributed by atoms with E-state index >= 15 is 0 Å². The van der Waals surface area contributed by atoms with Gasteiger partial charge in [0.1, 0.15) is 29.6 Å². The van der Waals surface area contributed by atoms with Gasteiger partial charge in [-0.25, -0.2) is 4.98 Å². The third kappa shape index (κ3) is 3.21. The van der Waals surface area contributed by atoms with Crippen molar-refractivity contribution in [2.24, 2.45) is 0 Å². The van der Waals surface area contributed by atoms with Crippen LogP contribution in [0.4, 0.5) is 0 Å². The van der Waals surface area contributed by atoms with E-state index in [1.165, 1.54) is 22.9 Å². The number of ketones is 1. The Hall–Kier alpha value is -2.74. The lowest BCUT2D eigenvalue weighted by Crippen LogP contribution is -2.10. The SMILES string of the molecule is CC(=O)c1nn(CC(=O)O)c2ccc(OCc3nccs3)cc12. The van der Waals surface area contributed by atoms with Crippen LogP contribution in [0.1, 0.15) is 22.4 Å². The summed E-state index contributed by atoms with van der Waals surface area (Å²) < 4.78 is 6.97. The predicted molar refractivity (Wildman–Crippen MR) is 83.8 cm³/mol. The Kier molecular flexibility index (Phi) is 4.07. The average molecular weight is 331 g/mol. The lowest BCUT2D eigenvalue weighted by atomic mass is 10.1. The van der Waals surface area contributed by atoms with Gasteiger partial charge in [0.2, 0.25) is 0 Å². The number of benzene rings is 1. The first-order chi connectivity index (χ1) is 11.0. The Morgan fingerprint density at radius 3 is 2.87 bits per heavy atom. The van der Waals surface area contributed by atoms with Gasteiger partial charge in [-0.3, -0.25) is 14.3 Å². The molecular weight excluding hydrogens is 318 g/mol. The molecule has 118 valence electrons. The van der Waals surface area contributed by atoms with E-state index in [2.05, 4.69) is 10.1 Å². The third-order valence-electron chi connectivity index (χ3n) is 3.19. The largest absolute Gasteiger partial charge is 0.486 e. The van der Waals surface area contributed by atoms with E-state index in [1.807, 2.05) is 5.38 Å². The predicted octanol–water partition coefficient (Wildman–Crippen LogP) is 2.36. The second-order valence-corrected chi connectivity index (χ2v) is 5.83. The fourth-order valence-corrected chi connectivity index (χ4v) is 2.75. The van der Waals surface area contributed by atoms with E-state index in [0.717, 1.165) is 5.01 Å². The normalized spacial score (nSPS) is 10.8. The van der Waals surface area contributed by atoms with Gasteiger partial charge < -0.3 is 9.84 Å². The number of nitrogens with zero attached hydrogens (tertiary/aromatic N) is 3. The van der Waals surface area contributed by atoms with Gasteiger partial charge in [0, 0.05) is 23.9 Å². The van der Waals surface area contributed by atoms with E-state index in [-0.39, 0.29) is 18.0 Å². The Labute approximate surface area is 135 Å². The Balaban J connectivity index is 1.95. The number of carboxylic acids is 1. The fraction of sp³-hybridized carbons (Fsp3) is 0.200.